The standard InChI is InChI=1S/C24H33N3O5S/c1-7-25-24(29)19(4)26(15-20-12-9-13-21(14-20)32-5)22(28)16-27(33(6,30)31)23-17(2)10-8-11-18(23)3/h8-14,19H,7,15-16H2,1-6H3,(H,25,29)/t19-/m1/s1. The molecule has 0 heterocycles. The first-order valence-corrected chi connectivity index (χ1v) is 12.6. The highest BCUT2D eigenvalue weighted by Crippen LogP contribution is 2.27. The molecule has 0 aliphatic rings. The number of methoxy groups -OCH3 is 1. The van der Waals surface area contributed by atoms with Crippen LogP contribution < -0.4 is 14.4 Å². The van der Waals surface area contributed by atoms with E-state index in [9.17, 15) is 18.0 Å². The van der Waals surface area contributed by atoms with Crippen molar-refractivity contribution in [1.29, 1.82) is 0 Å². The molecule has 9 heteroatoms. The van der Waals surface area contributed by atoms with Crippen molar-refractivity contribution in [3.05, 3.63) is 59.2 Å². The number of nitrogens with zero attached hydrogens (tertiary/aromatic N) is 2. The lowest BCUT2D eigenvalue weighted by molar-refractivity contribution is -0.139. The summed E-state index contributed by atoms with van der Waals surface area (Å²) in [4.78, 5) is 27.5. The third kappa shape index (κ3) is 6.71. The minimum atomic E-state index is -3.77. The van der Waals surface area contributed by atoms with Gasteiger partial charge in [0.15, 0.2) is 0 Å². The summed E-state index contributed by atoms with van der Waals surface area (Å²) in [5.41, 5.74) is 2.71. The molecule has 8 nitrogen and oxygen atoms in total. The number of carbonyl (C=O) groups is 2. The van der Waals surface area contributed by atoms with Gasteiger partial charge in [0.05, 0.1) is 19.1 Å². The smallest absolute Gasteiger partial charge is 0.244 e. The van der Waals surface area contributed by atoms with Crippen molar-refractivity contribution in [3.63, 3.8) is 0 Å². The number of rotatable bonds is 10. The molecule has 2 rings (SSSR count). The molecule has 0 aliphatic heterocycles. The highest BCUT2D eigenvalue weighted by atomic mass is 32.2. The fourth-order valence-electron chi connectivity index (χ4n) is 3.65. The molecule has 1 atom stereocenters. The highest BCUT2D eigenvalue weighted by molar-refractivity contribution is 7.92. The Kier molecular flexibility index (Phi) is 8.87. The van der Waals surface area contributed by atoms with Crippen LogP contribution in [0, 0.1) is 13.8 Å². The van der Waals surface area contributed by atoms with Gasteiger partial charge in [0, 0.05) is 13.1 Å². The van der Waals surface area contributed by atoms with Gasteiger partial charge < -0.3 is 15.0 Å². The quantitative estimate of drug-likeness (QED) is 0.570. The molecule has 2 aromatic rings. The van der Waals surface area contributed by atoms with Gasteiger partial charge in [-0.3, -0.25) is 13.9 Å². The minimum Gasteiger partial charge on any atom is -0.497 e. The number of ether oxygens (including phenoxy) is 1. The zero-order valence-electron chi connectivity index (χ0n) is 20.1. The van der Waals surface area contributed by atoms with Crippen LogP contribution in [0.2, 0.25) is 0 Å². The number of amides is 2. The summed E-state index contributed by atoms with van der Waals surface area (Å²) in [7, 11) is -2.22. The van der Waals surface area contributed by atoms with Gasteiger partial charge in [-0.15, -0.1) is 0 Å². The van der Waals surface area contributed by atoms with E-state index in [0.29, 0.717) is 18.0 Å². The SMILES string of the molecule is CCNC(=O)[C@@H](C)N(Cc1cccc(OC)c1)C(=O)CN(c1c(C)cccc1C)S(C)(=O)=O. The van der Waals surface area contributed by atoms with Gasteiger partial charge in [-0.05, 0) is 56.5 Å². The molecule has 1 N–H and O–H groups in total. The average Bonchev–Trinajstić information content (AvgIpc) is 2.75. The summed E-state index contributed by atoms with van der Waals surface area (Å²) in [5, 5.41) is 2.73. The Morgan fingerprint density at radius 3 is 2.24 bits per heavy atom. The Bertz CT molecular complexity index is 1080. The van der Waals surface area contributed by atoms with E-state index in [2.05, 4.69) is 5.32 Å². The maximum atomic E-state index is 13.5. The van der Waals surface area contributed by atoms with Crippen molar-refractivity contribution >= 4 is 27.5 Å². The Morgan fingerprint density at radius 1 is 1.09 bits per heavy atom. The topological polar surface area (TPSA) is 96.0 Å². The number of hydrogen-bond donors (Lipinski definition) is 1. The summed E-state index contributed by atoms with van der Waals surface area (Å²) in [6, 6.07) is 11.8. The van der Waals surface area contributed by atoms with E-state index < -0.39 is 28.5 Å². The molecule has 2 amide bonds. The van der Waals surface area contributed by atoms with Gasteiger partial charge in [0.2, 0.25) is 21.8 Å². The lowest BCUT2D eigenvalue weighted by Gasteiger charge is -2.32. The molecule has 0 aromatic heterocycles. The van der Waals surface area contributed by atoms with Crippen molar-refractivity contribution in [2.75, 3.05) is 30.8 Å². The van der Waals surface area contributed by atoms with E-state index in [1.807, 2.05) is 12.1 Å². The molecule has 33 heavy (non-hydrogen) atoms. The summed E-state index contributed by atoms with van der Waals surface area (Å²) >= 11 is 0. The van der Waals surface area contributed by atoms with Crippen LogP contribution in [0.5, 0.6) is 5.75 Å². The number of nitrogens with one attached hydrogen (secondary N) is 1. The van der Waals surface area contributed by atoms with E-state index in [1.165, 1.54) is 4.90 Å². The zero-order chi connectivity index (χ0) is 24.8. The van der Waals surface area contributed by atoms with Crippen molar-refractivity contribution in [3.8, 4) is 5.75 Å². The maximum Gasteiger partial charge on any atom is 0.244 e. The molecule has 180 valence electrons. The Morgan fingerprint density at radius 2 is 1.70 bits per heavy atom. The Hall–Kier alpha value is -3.07. The molecule has 0 saturated heterocycles. The maximum absolute atomic E-state index is 13.5. The van der Waals surface area contributed by atoms with Gasteiger partial charge in [-0.25, -0.2) is 8.42 Å². The monoisotopic (exact) mass is 475 g/mol. The third-order valence-electron chi connectivity index (χ3n) is 5.37. The van der Waals surface area contributed by atoms with Crippen LogP contribution in [0.4, 0.5) is 5.69 Å². The lowest BCUT2D eigenvalue weighted by atomic mass is 10.1. The third-order valence-corrected chi connectivity index (χ3v) is 6.49. The molecule has 0 bridgehead atoms. The number of carbonyl (C=O) groups excluding carboxylic acids is 2. The second-order valence-electron chi connectivity index (χ2n) is 7.95. The molecule has 0 unspecified atom stereocenters. The zero-order valence-corrected chi connectivity index (χ0v) is 20.9. The van der Waals surface area contributed by atoms with Gasteiger partial charge in [0.25, 0.3) is 0 Å². The highest BCUT2D eigenvalue weighted by Gasteiger charge is 2.31. The van der Waals surface area contributed by atoms with Gasteiger partial charge in [-0.2, -0.15) is 0 Å². The Labute approximate surface area is 196 Å². The van der Waals surface area contributed by atoms with Crippen molar-refractivity contribution in [2.45, 2.75) is 40.3 Å². The summed E-state index contributed by atoms with van der Waals surface area (Å²) in [6.45, 7) is 7.16. The molecule has 0 spiro atoms. The van der Waals surface area contributed by atoms with Gasteiger partial charge >= 0.3 is 0 Å². The molecular formula is C24H33N3O5S. The molecule has 0 radical (unpaired) electrons. The number of aryl methyl sites for hydroxylation is 2. The van der Waals surface area contributed by atoms with E-state index in [0.717, 1.165) is 27.3 Å². The predicted octanol–water partition coefficient (Wildman–Crippen LogP) is 2.63. The minimum absolute atomic E-state index is 0.124. The van der Waals surface area contributed by atoms with Gasteiger partial charge in [-0.1, -0.05) is 30.3 Å². The average molecular weight is 476 g/mol. The van der Waals surface area contributed by atoms with E-state index >= 15 is 0 Å². The van der Waals surface area contributed by atoms with Crippen molar-refractivity contribution < 1.29 is 22.7 Å². The largest absolute Gasteiger partial charge is 0.497 e. The van der Waals surface area contributed by atoms with Crippen molar-refractivity contribution in [1.82, 2.24) is 10.2 Å². The second kappa shape index (κ2) is 11.2. The van der Waals surface area contributed by atoms with E-state index in [-0.39, 0.29) is 12.5 Å². The summed E-state index contributed by atoms with van der Waals surface area (Å²) in [6.07, 6.45) is 1.08. The summed E-state index contributed by atoms with van der Waals surface area (Å²) in [5.74, 6) is -0.171. The van der Waals surface area contributed by atoms with Crippen LogP contribution in [0.3, 0.4) is 0 Å². The second-order valence-corrected chi connectivity index (χ2v) is 9.86. The fraction of sp³-hybridized carbons (Fsp3) is 0.417. The van der Waals surface area contributed by atoms with Crippen LogP contribution in [-0.2, 0) is 26.2 Å². The fourth-order valence-corrected chi connectivity index (χ4v) is 4.61. The number of anilines is 1. The van der Waals surface area contributed by atoms with Crippen LogP contribution in [0.1, 0.15) is 30.5 Å². The van der Waals surface area contributed by atoms with Crippen LogP contribution in [0.25, 0.3) is 0 Å². The number of benzene rings is 2. The Balaban J connectivity index is 2.45. The number of hydrogen-bond acceptors (Lipinski definition) is 5. The van der Waals surface area contributed by atoms with Gasteiger partial charge in [0.1, 0.15) is 18.3 Å². The molecule has 0 fully saturated rings. The molecular weight excluding hydrogens is 442 g/mol. The normalized spacial score (nSPS) is 12.1. The first-order valence-electron chi connectivity index (χ1n) is 10.7. The van der Waals surface area contributed by atoms with Crippen LogP contribution in [0.15, 0.2) is 42.5 Å². The van der Waals surface area contributed by atoms with E-state index in [1.54, 1.807) is 65.1 Å². The number of para-hydroxylation sites is 1. The van der Waals surface area contributed by atoms with Crippen molar-refractivity contribution in [2.24, 2.45) is 0 Å². The summed E-state index contributed by atoms with van der Waals surface area (Å²) < 4.78 is 31.8. The molecule has 2 aromatic carbocycles. The first-order chi connectivity index (χ1) is 15.5. The first kappa shape index (κ1) is 26.2. The number of sulfonamides is 1. The van der Waals surface area contributed by atoms with E-state index in [4.69, 9.17) is 4.74 Å². The lowest BCUT2D eigenvalue weighted by Crippen LogP contribution is -2.51. The molecule has 0 aliphatic carbocycles. The predicted molar refractivity (Wildman–Crippen MR) is 130 cm³/mol. The molecule has 0 saturated carbocycles. The number of likely N-dealkylation sites (N-methyl/N-ethyl adjacent to an activating group) is 1. The van der Waals surface area contributed by atoms with Crippen LogP contribution in [-0.4, -0.2) is 57.6 Å². The van der Waals surface area contributed by atoms with Crippen LogP contribution >= 0.6 is 0 Å².